The number of nitrogens with zero attached hydrogens (tertiary/aromatic N) is 1. The summed E-state index contributed by atoms with van der Waals surface area (Å²) >= 11 is 0. The molecule has 1 fully saturated rings. The molecule has 0 aliphatic carbocycles. The third-order valence-corrected chi connectivity index (χ3v) is 3.50. The van der Waals surface area contributed by atoms with Crippen molar-refractivity contribution in [3.63, 3.8) is 0 Å². The maximum atomic E-state index is 12.4. The Balaban J connectivity index is 1.93. The van der Waals surface area contributed by atoms with Crippen LogP contribution in [0.1, 0.15) is 18.9 Å². The smallest absolute Gasteiger partial charge is 0.306 e. The second-order valence-corrected chi connectivity index (χ2v) is 5.45. The molecule has 6 nitrogen and oxygen atoms in total. The van der Waals surface area contributed by atoms with E-state index in [2.05, 4.69) is 0 Å². The van der Waals surface area contributed by atoms with Crippen LogP contribution < -0.4 is 4.74 Å². The number of hydrogen-bond donors (Lipinski definition) is 1. The average molecular weight is 307 g/mol. The summed E-state index contributed by atoms with van der Waals surface area (Å²) in [7, 11) is 0. The second-order valence-electron chi connectivity index (χ2n) is 5.45. The van der Waals surface area contributed by atoms with E-state index in [4.69, 9.17) is 14.6 Å². The van der Waals surface area contributed by atoms with Crippen LogP contribution in [0.2, 0.25) is 0 Å². The lowest BCUT2D eigenvalue weighted by atomic mass is 10.2. The first-order valence-corrected chi connectivity index (χ1v) is 7.31. The number of amides is 1. The minimum Gasteiger partial charge on any atom is -0.481 e. The van der Waals surface area contributed by atoms with Gasteiger partial charge in [-0.25, -0.2) is 0 Å². The number of carbonyl (C=O) groups is 2. The van der Waals surface area contributed by atoms with E-state index in [1.165, 1.54) is 0 Å². The molecule has 1 heterocycles. The standard InChI is InChI=1S/C16H21NO5/c1-11-4-3-5-13(8-11)22-12(2)16(20)17-6-7-21-14(10-17)9-15(18)19/h3-5,8,12,14H,6-7,9-10H2,1-2H3,(H,18,19)/t12-,14+/m1/s1. The zero-order valence-electron chi connectivity index (χ0n) is 12.8. The fourth-order valence-electron chi connectivity index (χ4n) is 2.44. The largest absolute Gasteiger partial charge is 0.481 e. The summed E-state index contributed by atoms with van der Waals surface area (Å²) in [5, 5.41) is 8.81. The molecule has 1 aromatic rings. The number of morpholine rings is 1. The van der Waals surface area contributed by atoms with Gasteiger partial charge in [0.15, 0.2) is 6.10 Å². The zero-order chi connectivity index (χ0) is 16.1. The van der Waals surface area contributed by atoms with Crippen molar-refractivity contribution in [1.29, 1.82) is 0 Å². The number of carboxylic acid groups (broad SMARTS) is 1. The summed E-state index contributed by atoms with van der Waals surface area (Å²) in [6.45, 7) is 4.74. The van der Waals surface area contributed by atoms with Gasteiger partial charge in [-0.2, -0.15) is 0 Å². The van der Waals surface area contributed by atoms with Gasteiger partial charge in [0.1, 0.15) is 5.75 Å². The molecular formula is C16H21NO5. The zero-order valence-corrected chi connectivity index (χ0v) is 12.8. The summed E-state index contributed by atoms with van der Waals surface area (Å²) in [5.74, 6) is -0.431. The lowest BCUT2D eigenvalue weighted by Crippen LogP contribution is -2.50. The summed E-state index contributed by atoms with van der Waals surface area (Å²) in [4.78, 5) is 24.8. The highest BCUT2D eigenvalue weighted by Crippen LogP contribution is 2.16. The van der Waals surface area contributed by atoms with Crippen LogP contribution in [0.5, 0.6) is 5.75 Å². The van der Waals surface area contributed by atoms with Gasteiger partial charge in [-0.15, -0.1) is 0 Å². The molecule has 1 saturated heterocycles. The molecule has 1 aliphatic rings. The van der Waals surface area contributed by atoms with Crippen molar-refractivity contribution in [3.8, 4) is 5.75 Å². The summed E-state index contributed by atoms with van der Waals surface area (Å²) in [6.07, 6.45) is -1.18. The molecule has 0 aromatic heterocycles. The summed E-state index contributed by atoms with van der Waals surface area (Å²) in [5.41, 5.74) is 1.06. The number of carbonyl (C=O) groups excluding carboxylic acids is 1. The van der Waals surface area contributed by atoms with Gasteiger partial charge in [-0.05, 0) is 31.5 Å². The minimum absolute atomic E-state index is 0.100. The molecule has 1 aromatic carbocycles. The predicted molar refractivity (Wildman–Crippen MR) is 79.8 cm³/mol. The Hall–Kier alpha value is -2.08. The van der Waals surface area contributed by atoms with Crippen LogP contribution in [0.4, 0.5) is 0 Å². The number of aliphatic carboxylic acids is 1. The van der Waals surface area contributed by atoms with Crippen LogP contribution in [0.3, 0.4) is 0 Å². The Labute approximate surface area is 129 Å². The lowest BCUT2D eigenvalue weighted by molar-refractivity contribution is -0.151. The fourth-order valence-corrected chi connectivity index (χ4v) is 2.44. The Kier molecular flexibility index (Phi) is 5.38. The Morgan fingerprint density at radius 3 is 2.95 bits per heavy atom. The molecule has 2 atom stereocenters. The molecule has 0 bridgehead atoms. The predicted octanol–water partition coefficient (Wildman–Crippen LogP) is 1.46. The SMILES string of the molecule is Cc1cccc(O[C@H](C)C(=O)N2CCO[C@@H](CC(=O)O)C2)c1. The maximum absolute atomic E-state index is 12.4. The van der Waals surface area contributed by atoms with Gasteiger partial charge >= 0.3 is 5.97 Å². The van der Waals surface area contributed by atoms with E-state index >= 15 is 0 Å². The second kappa shape index (κ2) is 7.26. The normalized spacial score (nSPS) is 19.5. The number of hydrogen-bond acceptors (Lipinski definition) is 4. The molecule has 0 unspecified atom stereocenters. The average Bonchev–Trinajstić information content (AvgIpc) is 2.46. The van der Waals surface area contributed by atoms with E-state index in [1.807, 2.05) is 31.2 Å². The van der Waals surface area contributed by atoms with Gasteiger partial charge in [-0.3, -0.25) is 9.59 Å². The third kappa shape index (κ3) is 4.46. The molecule has 0 saturated carbocycles. The number of ether oxygens (including phenoxy) is 2. The van der Waals surface area contributed by atoms with Gasteiger partial charge in [0.05, 0.1) is 19.1 Å². The van der Waals surface area contributed by atoms with E-state index in [9.17, 15) is 9.59 Å². The van der Waals surface area contributed by atoms with Crippen LogP contribution in [0.15, 0.2) is 24.3 Å². The van der Waals surface area contributed by atoms with Crippen molar-refractivity contribution < 1.29 is 24.2 Å². The lowest BCUT2D eigenvalue weighted by Gasteiger charge is -2.33. The number of benzene rings is 1. The molecule has 1 amide bonds. The minimum atomic E-state index is -0.927. The Morgan fingerprint density at radius 2 is 2.27 bits per heavy atom. The summed E-state index contributed by atoms with van der Waals surface area (Å²) in [6, 6.07) is 7.51. The van der Waals surface area contributed by atoms with Gasteiger partial charge in [0.2, 0.25) is 0 Å². The van der Waals surface area contributed by atoms with E-state index < -0.39 is 18.2 Å². The van der Waals surface area contributed by atoms with E-state index in [1.54, 1.807) is 11.8 Å². The fraction of sp³-hybridized carbons (Fsp3) is 0.500. The topological polar surface area (TPSA) is 76.1 Å². The number of carboxylic acids is 1. The van der Waals surface area contributed by atoms with Crippen LogP contribution in [-0.4, -0.2) is 53.8 Å². The van der Waals surface area contributed by atoms with Crippen molar-refractivity contribution >= 4 is 11.9 Å². The van der Waals surface area contributed by atoms with Crippen molar-refractivity contribution in [1.82, 2.24) is 4.90 Å². The highest BCUT2D eigenvalue weighted by atomic mass is 16.5. The van der Waals surface area contributed by atoms with Crippen molar-refractivity contribution in [2.75, 3.05) is 19.7 Å². The first kappa shape index (κ1) is 16.3. The molecule has 1 aliphatic heterocycles. The third-order valence-electron chi connectivity index (χ3n) is 3.50. The molecule has 22 heavy (non-hydrogen) atoms. The van der Waals surface area contributed by atoms with E-state index in [-0.39, 0.29) is 18.9 Å². The van der Waals surface area contributed by atoms with Crippen LogP contribution in [-0.2, 0) is 14.3 Å². The van der Waals surface area contributed by atoms with Crippen LogP contribution in [0.25, 0.3) is 0 Å². The molecular weight excluding hydrogens is 286 g/mol. The van der Waals surface area contributed by atoms with Crippen LogP contribution >= 0.6 is 0 Å². The van der Waals surface area contributed by atoms with Crippen molar-refractivity contribution in [2.45, 2.75) is 32.5 Å². The van der Waals surface area contributed by atoms with Gasteiger partial charge in [-0.1, -0.05) is 12.1 Å². The first-order valence-electron chi connectivity index (χ1n) is 7.31. The first-order chi connectivity index (χ1) is 10.5. The molecule has 120 valence electrons. The van der Waals surface area contributed by atoms with Gasteiger partial charge < -0.3 is 19.5 Å². The summed E-state index contributed by atoms with van der Waals surface area (Å²) < 4.78 is 11.0. The molecule has 2 rings (SSSR count). The number of rotatable bonds is 5. The molecule has 0 radical (unpaired) electrons. The molecule has 6 heteroatoms. The van der Waals surface area contributed by atoms with Crippen molar-refractivity contribution in [3.05, 3.63) is 29.8 Å². The van der Waals surface area contributed by atoms with Crippen LogP contribution in [0, 0.1) is 6.92 Å². The Morgan fingerprint density at radius 1 is 1.50 bits per heavy atom. The van der Waals surface area contributed by atoms with Crippen molar-refractivity contribution in [2.24, 2.45) is 0 Å². The highest BCUT2D eigenvalue weighted by molar-refractivity contribution is 5.81. The number of aryl methyl sites for hydroxylation is 1. The van der Waals surface area contributed by atoms with Gasteiger partial charge in [0, 0.05) is 13.1 Å². The quantitative estimate of drug-likeness (QED) is 0.891. The highest BCUT2D eigenvalue weighted by Gasteiger charge is 2.29. The maximum Gasteiger partial charge on any atom is 0.306 e. The molecule has 1 N–H and O–H groups in total. The van der Waals surface area contributed by atoms with E-state index in [0.29, 0.717) is 18.9 Å². The Bertz CT molecular complexity index is 545. The van der Waals surface area contributed by atoms with Gasteiger partial charge in [0.25, 0.3) is 5.91 Å². The molecule has 0 spiro atoms. The van der Waals surface area contributed by atoms with E-state index in [0.717, 1.165) is 5.56 Å². The monoisotopic (exact) mass is 307 g/mol.